The van der Waals surface area contributed by atoms with Gasteiger partial charge in [0.15, 0.2) is 0 Å². The molecule has 12 heavy (non-hydrogen) atoms. The first-order valence-electron chi connectivity index (χ1n) is 4.06. The minimum absolute atomic E-state index is 0. The molecule has 0 saturated heterocycles. The molecule has 76 valence electrons. The SMILES string of the molecule is O.O.[CH2-]CCCCCC(C)C.[Ti]. The maximum absolute atomic E-state index is 3.80. The smallest absolute Gasteiger partial charge is 0 e. The summed E-state index contributed by atoms with van der Waals surface area (Å²) in [7, 11) is 0. The molecule has 0 rings (SSSR count). The molecule has 0 unspecified atom stereocenters. The van der Waals surface area contributed by atoms with E-state index in [0.717, 1.165) is 12.3 Å². The second kappa shape index (κ2) is 17.6. The second-order valence-electron chi connectivity index (χ2n) is 3.10. The van der Waals surface area contributed by atoms with E-state index in [9.17, 15) is 0 Å². The number of hydrogen-bond donors (Lipinski definition) is 0. The third-order valence-corrected chi connectivity index (χ3v) is 1.53. The van der Waals surface area contributed by atoms with Crippen molar-refractivity contribution in [2.24, 2.45) is 5.92 Å². The van der Waals surface area contributed by atoms with E-state index < -0.39 is 0 Å². The molecule has 0 aromatic rings. The van der Waals surface area contributed by atoms with Gasteiger partial charge >= 0.3 is 0 Å². The Morgan fingerprint density at radius 1 is 1.00 bits per heavy atom. The molecule has 0 fully saturated rings. The molecule has 0 aromatic carbocycles. The number of unbranched alkanes of at least 4 members (excludes halogenated alkanes) is 3. The molecule has 3 heteroatoms. The van der Waals surface area contributed by atoms with Crippen molar-refractivity contribution >= 4 is 0 Å². The van der Waals surface area contributed by atoms with Crippen LogP contribution in [0.15, 0.2) is 0 Å². The predicted octanol–water partition coefficient (Wildman–Crippen LogP) is 1.78. The van der Waals surface area contributed by atoms with E-state index in [0.29, 0.717) is 0 Å². The first kappa shape index (κ1) is 22.9. The number of rotatable bonds is 5. The standard InChI is InChI=1S/C9H19.2H2O.Ti/c1-4-5-6-7-8-9(2)3;;;/h9H,1,4-8H2,2-3H3;2*1H2;/q-1;;;. The van der Waals surface area contributed by atoms with Gasteiger partial charge in [0, 0.05) is 21.7 Å². The molecule has 0 aromatic heterocycles. The summed E-state index contributed by atoms with van der Waals surface area (Å²) >= 11 is 0. The van der Waals surface area contributed by atoms with Crippen LogP contribution in [0.3, 0.4) is 0 Å². The van der Waals surface area contributed by atoms with Gasteiger partial charge in [-0.2, -0.15) is 6.42 Å². The van der Waals surface area contributed by atoms with Gasteiger partial charge in [-0.1, -0.05) is 39.5 Å². The zero-order chi connectivity index (χ0) is 7.11. The molecule has 0 aliphatic rings. The average molecular weight is 211 g/mol. The van der Waals surface area contributed by atoms with Crippen molar-refractivity contribution in [2.45, 2.75) is 46.0 Å². The Kier molecular flexibility index (Phi) is 33.7. The van der Waals surface area contributed by atoms with Gasteiger partial charge in [0.2, 0.25) is 0 Å². The molecule has 0 saturated carbocycles. The number of hydrogen-bond acceptors (Lipinski definition) is 0. The molecule has 2 nitrogen and oxygen atoms in total. The molecular weight excluding hydrogens is 188 g/mol. The first-order valence-corrected chi connectivity index (χ1v) is 4.06. The van der Waals surface area contributed by atoms with E-state index in [1.54, 1.807) is 0 Å². The molecule has 0 radical (unpaired) electrons. The van der Waals surface area contributed by atoms with Crippen molar-refractivity contribution in [1.82, 2.24) is 0 Å². The molecule has 0 aliphatic carbocycles. The fourth-order valence-electron chi connectivity index (χ4n) is 0.906. The molecule has 0 bridgehead atoms. The van der Waals surface area contributed by atoms with Crippen LogP contribution >= 0.6 is 0 Å². The van der Waals surface area contributed by atoms with Gasteiger partial charge in [0.25, 0.3) is 0 Å². The van der Waals surface area contributed by atoms with Gasteiger partial charge in [0.1, 0.15) is 0 Å². The van der Waals surface area contributed by atoms with Crippen LogP contribution < -0.4 is 0 Å². The summed E-state index contributed by atoms with van der Waals surface area (Å²) in [4.78, 5) is 0. The molecule has 4 N–H and O–H groups in total. The van der Waals surface area contributed by atoms with Crippen molar-refractivity contribution in [3.8, 4) is 0 Å². The summed E-state index contributed by atoms with van der Waals surface area (Å²) in [5.41, 5.74) is 0. The second-order valence-corrected chi connectivity index (χ2v) is 3.10. The summed E-state index contributed by atoms with van der Waals surface area (Å²) in [5.74, 6) is 0.884. The molecular formula is C9H23O2Ti-. The van der Waals surface area contributed by atoms with Crippen LogP contribution in [0.25, 0.3) is 0 Å². The van der Waals surface area contributed by atoms with Crippen LogP contribution in [0.4, 0.5) is 0 Å². The van der Waals surface area contributed by atoms with Crippen LogP contribution in [0.1, 0.15) is 46.0 Å². The van der Waals surface area contributed by atoms with Crippen LogP contribution in [-0.2, 0) is 21.7 Å². The van der Waals surface area contributed by atoms with E-state index in [4.69, 9.17) is 0 Å². The summed E-state index contributed by atoms with van der Waals surface area (Å²) in [6.07, 6.45) is 6.58. The third kappa shape index (κ3) is 22.4. The largest absolute Gasteiger partial charge is 0.412 e. The van der Waals surface area contributed by atoms with Gasteiger partial charge in [-0.25, -0.2) is 0 Å². The van der Waals surface area contributed by atoms with Crippen molar-refractivity contribution in [2.75, 3.05) is 0 Å². The van der Waals surface area contributed by atoms with E-state index in [2.05, 4.69) is 20.8 Å². The van der Waals surface area contributed by atoms with Crippen LogP contribution in [-0.4, -0.2) is 11.0 Å². The monoisotopic (exact) mass is 211 g/mol. The van der Waals surface area contributed by atoms with Crippen molar-refractivity contribution in [3.05, 3.63) is 6.92 Å². The van der Waals surface area contributed by atoms with E-state index in [1.165, 1.54) is 25.7 Å². The molecule has 0 atom stereocenters. The van der Waals surface area contributed by atoms with Crippen LogP contribution in [0.5, 0.6) is 0 Å². The maximum atomic E-state index is 3.80. The van der Waals surface area contributed by atoms with Gasteiger partial charge in [-0.05, 0) is 5.92 Å². The quantitative estimate of drug-likeness (QED) is 0.378. The summed E-state index contributed by atoms with van der Waals surface area (Å²) in [5, 5.41) is 0. The fraction of sp³-hybridized carbons (Fsp3) is 0.889. The summed E-state index contributed by atoms with van der Waals surface area (Å²) in [6, 6.07) is 0. The Morgan fingerprint density at radius 2 is 1.50 bits per heavy atom. The fourth-order valence-corrected chi connectivity index (χ4v) is 0.906. The summed E-state index contributed by atoms with van der Waals surface area (Å²) in [6.45, 7) is 8.37. The maximum Gasteiger partial charge on any atom is 0 e. The Morgan fingerprint density at radius 3 is 1.83 bits per heavy atom. The van der Waals surface area contributed by atoms with Crippen molar-refractivity contribution in [1.29, 1.82) is 0 Å². The average Bonchev–Trinajstić information content (AvgIpc) is 1.80. The van der Waals surface area contributed by atoms with E-state index in [1.807, 2.05) is 0 Å². The Bertz CT molecular complexity index is 58.5. The van der Waals surface area contributed by atoms with Crippen molar-refractivity contribution < 1.29 is 32.7 Å². The van der Waals surface area contributed by atoms with Gasteiger partial charge in [0.05, 0.1) is 0 Å². The molecule has 0 amide bonds. The molecule has 0 spiro atoms. The third-order valence-electron chi connectivity index (χ3n) is 1.53. The molecule has 0 aliphatic heterocycles. The zero-order valence-electron chi connectivity index (χ0n) is 8.32. The minimum Gasteiger partial charge on any atom is -0.412 e. The minimum atomic E-state index is 0. The van der Waals surface area contributed by atoms with Crippen LogP contribution in [0, 0.1) is 12.8 Å². The Hall–Kier alpha value is 0.634. The predicted molar refractivity (Wildman–Crippen MR) is 50.5 cm³/mol. The first-order chi connectivity index (χ1) is 4.27. The van der Waals surface area contributed by atoms with Gasteiger partial charge < -0.3 is 17.9 Å². The Labute approximate surface area is 91.6 Å². The van der Waals surface area contributed by atoms with Gasteiger partial charge in [-0.15, -0.1) is 0 Å². The normalized spacial score (nSPS) is 8.00. The topological polar surface area (TPSA) is 63.0 Å². The zero-order valence-corrected chi connectivity index (χ0v) is 9.88. The Balaban J connectivity index is -0.000000107. The van der Waals surface area contributed by atoms with E-state index >= 15 is 0 Å². The van der Waals surface area contributed by atoms with E-state index in [-0.39, 0.29) is 32.7 Å². The summed E-state index contributed by atoms with van der Waals surface area (Å²) < 4.78 is 0. The molecule has 0 heterocycles. The van der Waals surface area contributed by atoms with Gasteiger partial charge in [-0.3, -0.25) is 0 Å². The van der Waals surface area contributed by atoms with Crippen LogP contribution in [0.2, 0.25) is 0 Å². The van der Waals surface area contributed by atoms with Crippen molar-refractivity contribution in [3.63, 3.8) is 0 Å².